The number of aromatic nitrogens is 1. The lowest BCUT2D eigenvalue weighted by Gasteiger charge is -2.16. The van der Waals surface area contributed by atoms with E-state index in [9.17, 15) is 12.8 Å². The largest absolute Gasteiger partial charge is 0.439 e. The molecule has 0 aliphatic carbocycles. The summed E-state index contributed by atoms with van der Waals surface area (Å²) in [6, 6.07) is 2.94. The third kappa shape index (κ3) is 3.69. The predicted molar refractivity (Wildman–Crippen MR) is 91.4 cm³/mol. The van der Waals surface area contributed by atoms with Crippen molar-refractivity contribution in [2.75, 3.05) is 0 Å². The van der Waals surface area contributed by atoms with E-state index in [0.29, 0.717) is 11.4 Å². The second-order valence-corrected chi connectivity index (χ2v) is 9.15. The first-order chi connectivity index (χ1) is 10.4. The standard InChI is InChI=1S/C14H17ClFNO3S.C2H6/c1-13(2,3)12-17-9-7-6-8(15)11(10(9)20-12)21(18,19)14(4,5)16;1-2/h6-7H,1-5H3;1-2H3. The molecule has 130 valence electrons. The van der Waals surface area contributed by atoms with Crippen molar-refractivity contribution >= 4 is 32.5 Å². The molecule has 4 nitrogen and oxygen atoms in total. The van der Waals surface area contributed by atoms with Gasteiger partial charge < -0.3 is 4.42 Å². The first kappa shape index (κ1) is 19.9. The van der Waals surface area contributed by atoms with Crippen LogP contribution in [0.5, 0.6) is 0 Å². The van der Waals surface area contributed by atoms with Crippen LogP contribution in [0.25, 0.3) is 11.1 Å². The molecule has 0 saturated heterocycles. The summed E-state index contributed by atoms with van der Waals surface area (Å²) in [5.74, 6) is 0.368. The number of benzene rings is 1. The van der Waals surface area contributed by atoms with Gasteiger partial charge in [-0.25, -0.2) is 17.8 Å². The molecule has 2 rings (SSSR count). The fourth-order valence-electron chi connectivity index (χ4n) is 1.76. The lowest BCUT2D eigenvalue weighted by molar-refractivity contribution is 0.319. The summed E-state index contributed by atoms with van der Waals surface area (Å²) < 4.78 is 44.5. The first-order valence-electron chi connectivity index (χ1n) is 7.39. The van der Waals surface area contributed by atoms with E-state index in [1.807, 2.05) is 34.6 Å². The van der Waals surface area contributed by atoms with Gasteiger partial charge in [-0.1, -0.05) is 46.2 Å². The Morgan fingerprint density at radius 1 is 1.13 bits per heavy atom. The van der Waals surface area contributed by atoms with Crippen molar-refractivity contribution in [2.45, 2.75) is 63.8 Å². The van der Waals surface area contributed by atoms with Crippen LogP contribution in [0.2, 0.25) is 5.02 Å². The molecule has 0 amide bonds. The van der Waals surface area contributed by atoms with Gasteiger partial charge in [-0.3, -0.25) is 0 Å². The maximum Gasteiger partial charge on any atom is 0.217 e. The van der Waals surface area contributed by atoms with Crippen LogP contribution in [-0.4, -0.2) is 18.4 Å². The van der Waals surface area contributed by atoms with Crippen molar-refractivity contribution in [1.29, 1.82) is 0 Å². The fraction of sp³-hybridized carbons (Fsp3) is 0.562. The number of alkyl halides is 1. The van der Waals surface area contributed by atoms with Gasteiger partial charge in [0.25, 0.3) is 0 Å². The van der Waals surface area contributed by atoms with E-state index in [4.69, 9.17) is 16.0 Å². The molecule has 0 N–H and O–H groups in total. The van der Waals surface area contributed by atoms with Crippen LogP contribution < -0.4 is 0 Å². The van der Waals surface area contributed by atoms with E-state index in [1.165, 1.54) is 6.07 Å². The minimum absolute atomic E-state index is 0.00171. The quantitative estimate of drug-likeness (QED) is 0.727. The molecule has 0 spiro atoms. The van der Waals surface area contributed by atoms with Crippen molar-refractivity contribution < 1.29 is 17.2 Å². The number of hydrogen-bond acceptors (Lipinski definition) is 4. The van der Waals surface area contributed by atoms with Crippen LogP contribution in [-0.2, 0) is 15.3 Å². The molecule has 0 saturated carbocycles. The third-order valence-corrected chi connectivity index (χ3v) is 5.66. The van der Waals surface area contributed by atoms with Gasteiger partial charge in [-0.15, -0.1) is 0 Å². The highest BCUT2D eigenvalue weighted by molar-refractivity contribution is 7.93. The van der Waals surface area contributed by atoms with Gasteiger partial charge in [0.2, 0.25) is 20.7 Å². The molecule has 23 heavy (non-hydrogen) atoms. The maximum atomic E-state index is 14.1. The summed E-state index contributed by atoms with van der Waals surface area (Å²) in [6.45, 7) is 11.6. The van der Waals surface area contributed by atoms with E-state index < -0.39 is 20.3 Å². The van der Waals surface area contributed by atoms with Crippen LogP contribution in [0, 0.1) is 0 Å². The smallest absolute Gasteiger partial charge is 0.217 e. The average molecular weight is 364 g/mol. The summed E-state index contributed by atoms with van der Waals surface area (Å²) in [6.07, 6.45) is 0. The van der Waals surface area contributed by atoms with Crippen molar-refractivity contribution in [3.63, 3.8) is 0 Å². The fourth-order valence-corrected chi connectivity index (χ4v) is 3.41. The first-order valence-corrected chi connectivity index (χ1v) is 9.25. The molecule has 2 aromatic rings. The molecule has 1 aromatic heterocycles. The van der Waals surface area contributed by atoms with Crippen LogP contribution in [0.3, 0.4) is 0 Å². The zero-order valence-electron chi connectivity index (χ0n) is 14.5. The van der Waals surface area contributed by atoms with Gasteiger partial charge in [0.15, 0.2) is 5.58 Å². The number of fused-ring (bicyclic) bond motifs is 1. The molecule has 0 fully saturated rings. The summed E-state index contributed by atoms with van der Waals surface area (Å²) in [5.41, 5.74) is -0.0668. The van der Waals surface area contributed by atoms with Gasteiger partial charge in [-0.05, 0) is 26.0 Å². The van der Waals surface area contributed by atoms with Crippen molar-refractivity contribution in [2.24, 2.45) is 0 Å². The Kier molecular flexibility index (Phi) is 5.54. The van der Waals surface area contributed by atoms with Gasteiger partial charge in [0.1, 0.15) is 10.4 Å². The van der Waals surface area contributed by atoms with Crippen LogP contribution >= 0.6 is 11.6 Å². The summed E-state index contributed by atoms with van der Waals surface area (Å²) in [7, 11) is -4.30. The summed E-state index contributed by atoms with van der Waals surface area (Å²) >= 11 is 5.98. The average Bonchev–Trinajstić information content (AvgIpc) is 2.83. The van der Waals surface area contributed by atoms with E-state index in [-0.39, 0.29) is 15.5 Å². The molecule has 0 aliphatic rings. The van der Waals surface area contributed by atoms with Crippen molar-refractivity contribution in [3.05, 3.63) is 23.0 Å². The molecule has 1 heterocycles. The SMILES string of the molecule is CC.CC(C)(C)c1nc2ccc(Cl)c(S(=O)(=O)C(C)(C)F)c2o1. The topological polar surface area (TPSA) is 60.2 Å². The Hall–Kier alpha value is -1.14. The second kappa shape index (κ2) is 6.40. The highest BCUT2D eigenvalue weighted by Gasteiger charge is 2.40. The molecule has 0 radical (unpaired) electrons. The second-order valence-electron chi connectivity index (χ2n) is 6.36. The van der Waals surface area contributed by atoms with E-state index in [2.05, 4.69) is 4.98 Å². The molecule has 0 unspecified atom stereocenters. The highest BCUT2D eigenvalue weighted by Crippen LogP contribution is 2.38. The van der Waals surface area contributed by atoms with Crippen LogP contribution in [0.15, 0.2) is 21.4 Å². The van der Waals surface area contributed by atoms with Gasteiger partial charge in [0, 0.05) is 5.41 Å². The predicted octanol–water partition coefficient (Wildman–Crippen LogP) is 5.28. The molecule has 1 aromatic carbocycles. The Morgan fingerprint density at radius 3 is 2.09 bits per heavy atom. The van der Waals surface area contributed by atoms with E-state index >= 15 is 0 Å². The zero-order chi connectivity index (χ0) is 18.2. The lowest BCUT2D eigenvalue weighted by Crippen LogP contribution is -2.26. The number of rotatable bonds is 2. The maximum absolute atomic E-state index is 14.1. The Balaban J connectivity index is 0.00000127. The number of nitrogens with zero attached hydrogens (tertiary/aromatic N) is 1. The molecular weight excluding hydrogens is 341 g/mol. The van der Waals surface area contributed by atoms with Crippen LogP contribution in [0.4, 0.5) is 4.39 Å². The molecule has 0 atom stereocenters. The Bertz CT molecular complexity index is 799. The van der Waals surface area contributed by atoms with Crippen molar-refractivity contribution in [3.8, 4) is 0 Å². The zero-order valence-corrected chi connectivity index (χ0v) is 16.1. The number of sulfone groups is 1. The van der Waals surface area contributed by atoms with Crippen molar-refractivity contribution in [1.82, 2.24) is 4.98 Å². The number of oxazole rings is 1. The molecule has 0 aliphatic heterocycles. The summed E-state index contributed by atoms with van der Waals surface area (Å²) in [5, 5.41) is -2.55. The minimum Gasteiger partial charge on any atom is -0.439 e. The van der Waals surface area contributed by atoms with Gasteiger partial charge in [0.05, 0.1) is 5.02 Å². The van der Waals surface area contributed by atoms with Gasteiger partial charge >= 0.3 is 0 Å². The Labute approximate surface area is 142 Å². The molecule has 0 bridgehead atoms. The normalized spacial score (nSPS) is 12.9. The third-order valence-electron chi connectivity index (χ3n) is 3.01. The number of halogens is 2. The Morgan fingerprint density at radius 2 is 1.65 bits per heavy atom. The lowest BCUT2D eigenvalue weighted by atomic mass is 9.97. The molecular formula is C16H23ClFNO3S. The highest BCUT2D eigenvalue weighted by atomic mass is 35.5. The molecule has 7 heteroatoms. The van der Waals surface area contributed by atoms with Gasteiger partial charge in [-0.2, -0.15) is 0 Å². The minimum atomic E-state index is -4.30. The van der Waals surface area contributed by atoms with E-state index in [0.717, 1.165) is 13.8 Å². The van der Waals surface area contributed by atoms with Crippen LogP contribution in [0.1, 0.15) is 54.4 Å². The van der Waals surface area contributed by atoms with E-state index in [1.54, 1.807) is 6.07 Å². The summed E-state index contributed by atoms with van der Waals surface area (Å²) in [4.78, 5) is 3.92. The monoisotopic (exact) mass is 363 g/mol. The number of hydrogen-bond donors (Lipinski definition) is 0.